The number of hydrogen-bond donors (Lipinski definition) is 2. The molecule has 0 aliphatic heterocycles. The molecule has 1 saturated carbocycles. The number of nitrogens with two attached hydrogens (primary N) is 1. The molecule has 2 atom stereocenters. The Morgan fingerprint density at radius 3 is 2.38 bits per heavy atom. The van der Waals surface area contributed by atoms with E-state index in [9.17, 15) is 0 Å². The summed E-state index contributed by atoms with van der Waals surface area (Å²) in [6.07, 6.45) is 3.51. The standard InChI is InChI=1S/C11H24N2/c1-5-13-9-6-10(2,3)8-11(4,12)7-9/h9,13H,5-8,12H2,1-4H3. The molecular weight excluding hydrogens is 160 g/mol. The summed E-state index contributed by atoms with van der Waals surface area (Å²) >= 11 is 0. The Hall–Kier alpha value is -0.0800. The summed E-state index contributed by atoms with van der Waals surface area (Å²) in [6, 6.07) is 0.615. The summed E-state index contributed by atoms with van der Waals surface area (Å²) < 4.78 is 0. The molecule has 0 saturated heterocycles. The van der Waals surface area contributed by atoms with Crippen molar-refractivity contribution in [1.82, 2.24) is 5.32 Å². The summed E-state index contributed by atoms with van der Waals surface area (Å²) in [7, 11) is 0. The van der Waals surface area contributed by atoms with Crippen molar-refractivity contribution >= 4 is 0 Å². The average Bonchev–Trinajstić information content (AvgIpc) is 1.78. The molecule has 0 spiro atoms. The lowest BCUT2D eigenvalue weighted by Gasteiger charge is -2.45. The van der Waals surface area contributed by atoms with Gasteiger partial charge in [0.05, 0.1) is 0 Å². The van der Waals surface area contributed by atoms with Gasteiger partial charge in [-0.2, -0.15) is 0 Å². The first kappa shape index (κ1) is 11.0. The van der Waals surface area contributed by atoms with Crippen LogP contribution in [0.15, 0.2) is 0 Å². The lowest BCUT2D eigenvalue weighted by atomic mass is 9.67. The molecule has 78 valence electrons. The van der Waals surface area contributed by atoms with Gasteiger partial charge < -0.3 is 11.1 Å². The highest BCUT2D eigenvalue weighted by Gasteiger charge is 2.38. The predicted octanol–water partition coefficient (Wildman–Crippen LogP) is 1.89. The van der Waals surface area contributed by atoms with E-state index in [1.54, 1.807) is 0 Å². The Balaban J connectivity index is 2.61. The number of hydrogen-bond acceptors (Lipinski definition) is 2. The van der Waals surface area contributed by atoms with E-state index in [4.69, 9.17) is 5.73 Å². The molecule has 0 aromatic rings. The van der Waals surface area contributed by atoms with Gasteiger partial charge in [0.25, 0.3) is 0 Å². The third-order valence-electron chi connectivity index (χ3n) is 2.89. The van der Waals surface area contributed by atoms with Crippen LogP contribution in [0.1, 0.15) is 47.0 Å². The summed E-state index contributed by atoms with van der Waals surface area (Å²) in [5.41, 5.74) is 6.65. The molecule has 1 rings (SSSR count). The minimum atomic E-state index is 0.0224. The molecule has 2 heteroatoms. The maximum Gasteiger partial charge on any atom is 0.0145 e. The maximum absolute atomic E-state index is 6.23. The van der Waals surface area contributed by atoms with Crippen molar-refractivity contribution in [2.45, 2.75) is 58.5 Å². The average molecular weight is 184 g/mol. The lowest BCUT2D eigenvalue weighted by Crippen LogP contribution is -2.52. The van der Waals surface area contributed by atoms with Crippen molar-refractivity contribution < 1.29 is 0 Å². The summed E-state index contributed by atoms with van der Waals surface area (Å²) in [6.45, 7) is 10.0. The monoisotopic (exact) mass is 184 g/mol. The van der Waals surface area contributed by atoms with Gasteiger partial charge >= 0.3 is 0 Å². The third-order valence-corrected chi connectivity index (χ3v) is 2.89. The Labute approximate surface area is 82.3 Å². The van der Waals surface area contributed by atoms with Crippen LogP contribution in [-0.2, 0) is 0 Å². The fraction of sp³-hybridized carbons (Fsp3) is 1.00. The molecular formula is C11H24N2. The van der Waals surface area contributed by atoms with E-state index in [-0.39, 0.29) is 5.54 Å². The summed E-state index contributed by atoms with van der Waals surface area (Å²) in [5.74, 6) is 0. The normalized spacial score (nSPS) is 39.0. The van der Waals surface area contributed by atoms with Gasteiger partial charge in [-0.3, -0.25) is 0 Å². The SMILES string of the molecule is CCNC1CC(C)(C)CC(C)(N)C1. The minimum Gasteiger partial charge on any atom is -0.325 e. The van der Waals surface area contributed by atoms with E-state index in [2.05, 4.69) is 33.0 Å². The Kier molecular flexibility index (Phi) is 3.03. The molecule has 0 radical (unpaired) electrons. The molecule has 1 fully saturated rings. The van der Waals surface area contributed by atoms with Crippen LogP contribution >= 0.6 is 0 Å². The van der Waals surface area contributed by atoms with Gasteiger partial charge in [-0.15, -0.1) is 0 Å². The molecule has 2 unspecified atom stereocenters. The smallest absolute Gasteiger partial charge is 0.0145 e. The topological polar surface area (TPSA) is 38.0 Å². The van der Waals surface area contributed by atoms with Crippen molar-refractivity contribution in [1.29, 1.82) is 0 Å². The van der Waals surface area contributed by atoms with Gasteiger partial charge in [0.2, 0.25) is 0 Å². The molecule has 0 aromatic heterocycles. The van der Waals surface area contributed by atoms with Crippen LogP contribution in [0, 0.1) is 5.41 Å². The first-order valence-corrected chi connectivity index (χ1v) is 5.37. The highest BCUT2D eigenvalue weighted by molar-refractivity contribution is 4.97. The Bertz CT molecular complexity index is 157. The van der Waals surface area contributed by atoms with Gasteiger partial charge in [0.1, 0.15) is 0 Å². The van der Waals surface area contributed by atoms with Crippen molar-refractivity contribution in [2.24, 2.45) is 11.1 Å². The highest BCUT2D eigenvalue weighted by Crippen LogP contribution is 2.39. The largest absolute Gasteiger partial charge is 0.325 e. The van der Waals surface area contributed by atoms with E-state index in [1.165, 1.54) is 6.42 Å². The molecule has 3 N–H and O–H groups in total. The molecule has 0 heterocycles. The number of rotatable bonds is 2. The van der Waals surface area contributed by atoms with Gasteiger partial charge in [-0.1, -0.05) is 20.8 Å². The fourth-order valence-electron chi connectivity index (χ4n) is 2.97. The van der Waals surface area contributed by atoms with E-state index >= 15 is 0 Å². The number of nitrogens with one attached hydrogen (secondary N) is 1. The Morgan fingerprint density at radius 2 is 1.92 bits per heavy atom. The third kappa shape index (κ3) is 3.28. The van der Waals surface area contributed by atoms with Crippen molar-refractivity contribution in [3.63, 3.8) is 0 Å². The van der Waals surface area contributed by atoms with Crippen LogP contribution in [0.4, 0.5) is 0 Å². The van der Waals surface area contributed by atoms with Gasteiger partial charge in [-0.25, -0.2) is 0 Å². The van der Waals surface area contributed by atoms with Crippen LogP contribution in [0.3, 0.4) is 0 Å². The van der Waals surface area contributed by atoms with Gasteiger partial charge in [0, 0.05) is 11.6 Å². The van der Waals surface area contributed by atoms with Crippen LogP contribution in [-0.4, -0.2) is 18.1 Å². The second kappa shape index (κ2) is 3.58. The predicted molar refractivity (Wildman–Crippen MR) is 57.7 cm³/mol. The molecule has 1 aliphatic rings. The molecule has 13 heavy (non-hydrogen) atoms. The van der Waals surface area contributed by atoms with E-state index in [0.717, 1.165) is 19.4 Å². The highest BCUT2D eigenvalue weighted by atomic mass is 14.9. The second-order valence-electron chi connectivity index (χ2n) is 5.66. The van der Waals surface area contributed by atoms with Crippen LogP contribution in [0.2, 0.25) is 0 Å². The lowest BCUT2D eigenvalue weighted by molar-refractivity contribution is 0.129. The fourth-order valence-corrected chi connectivity index (χ4v) is 2.97. The van der Waals surface area contributed by atoms with Gasteiger partial charge in [-0.05, 0) is 38.1 Å². The summed E-state index contributed by atoms with van der Waals surface area (Å²) in [5, 5.41) is 3.52. The molecule has 2 nitrogen and oxygen atoms in total. The maximum atomic E-state index is 6.23. The van der Waals surface area contributed by atoms with Crippen LogP contribution in [0.25, 0.3) is 0 Å². The zero-order chi connectivity index (χ0) is 10.1. The first-order chi connectivity index (χ1) is 5.85. The Morgan fingerprint density at radius 1 is 1.31 bits per heavy atom. The quantitative estimate of drug-likeness (QED) is 0.688. The zero-order valence-electron chi connectivity index (χ0n) is 9.48. The van der Waals surface area contributed by atoms with E-state index in [0.29, 0.717) is 11.5 Å². The summed E-state index contributed by atoms with van der Waals surface area (Å²) in [4.78, 5) is 0. The molecule has 1 aliphatic carbocycles. The molecule has 0 aromatic carbocycles. The second-order valence-corrected chi connectivity index (χ2v) is 5.66. The van der Waals surface area contributed by atoms with Crippen molar-refractivity contribution in [3.8, 4) is 0 Å². The van der Waals surface area contributed by atoms with Crippen molar-refractivity contribution in [2.75, 3.05) is 6.54 Å². The molecule has 0 bridgehead atoms. The van der Waals surface area contributed by atoms with Crippen molar-refractivity contribution in [3.05, 3.63) is 0 Å². The zero-order valence-corrected chi connectivity index (χ0v) is 9.48. The van der Waals surface area contributed by atoms with Gasteiger partial charge in [0.15, 0.2) is 0 Å². The molecule has 0 amide bonds. The first-order valence-electron chi connectivity index (χ1n) is 5.37. The minimum absolute atomic E-state index is 0.0224. The van der Waals surface area contributed by atoms with Crippen LogP contribution in [0.5, 0.6) is 0 Å². The van der Waals surface area contributed by atoms with E-state index < -0.39 is 0 Å². The van der Waals surface area contributed by atoms with Crippen LogP contribution < -0.4 is 11.1 Å². The van der Waals surface area contributed by atoms with E-state index in [1.807, 2.05) is 0 Å².